The molecule has 0 aliphatic carbocycles. The Kier molecular flexibility index (Phi) is 3.93. The first-order chi connectivity index (χ1) is 8.97. The number of anilines is 2. The van der Waals surface area contributed by atoms with Crippen LogP contribution in [0.15, 0.2) is 36.4 Å². The number of hydrogen-bond donors (Lipinski definition) is 2. The van der Waals surface area contributed by atoms with Crippen LogP contribution in [0.2, 0.25) is 10.0 Å². The van der Waals surface area contributed by atoms with E-state index in [0.29, 0.717) is 0 Å². The highest BCUT2D eigenvalue weighted by molar-refractivity contribution is 6.35. The Bertz CT molecular complexity index is 606. The smallest absolute Gasteiger partial charge is 0.259 e. The van der Waals surface area contributed by atoms with Gasteiger partial charge in [0.15, 0.2) is 0 Å². The van der Waals surface area contributed by atoms with E-state index < -0.39 is 11.7 Å². The van der Waals surface area contributed by atoms with Crippen molar-refractivity contribution >= 4 is 40.5 Å². The minimum absolute atomic E-state index is 0.143. The molecule has 2 rings (SSSR count). The third-order valence-electron chi connectivity index (χ3n) is 2.39. The maximum atomic E-state index is 13.2. The lowest BCUT2D eigenvalue weighted by molar-refractivity contribution is 0.102. The Morgan fingerprint density at radius 1 is 1.21 bits per heavy atom. The molecule has 0 atom stereocenters. The molecule has 0 spiro atoms. The van der Waals surface area contributed by atoms with Crippen LogP contribution >= 0.6 is 23.2 Å². The number of rotatable bonds is 2. The summed E-state index contributed by atoms with van der Waals surface area (Å²) in [5.41, 5.74) is 6.31. The van der Waals surface area contributed by atoms with E-state index >= 15 is 0 Å². The summed E-state index contributed by atoms with van der Waals surface area (Å²) in [6.45, 7) is 0. The Labute approximate surface area is 119 Å². The zero-order valence-electron chi connectivity index (χ0n) is 9.58. The molecule has 0 aliphatic rings. The highest BCUT2D eigenvalue weighted by atomic mass is 35.5. The molecular weight excluding hydrogens is 290 g/mol. The highest BCUT2D eigenvalue weighted by Crippen LogP contribution is 2.24. The molecule has 0 aliphatic heterocycles. The monoisotopic (exact) mass is 298 g/mol. The van der Waals surface area contributed by atoms with Crippen molar-refractivity contribution in [1.29, 1.82) is 0 Å². The molecule has 0 saturated heterocycles. The van der Waals surface area contributed by atoms with Gasteiger partial charge < -0.3 is 11.1 Å². The van der Waals surface area contributed by atoms with Gasteiger partial charge in [-0.2, -0.15) is 0 Å². The number of benzene rings is 2. The Balaban J connectivity index is 2.31. The fraction of sp³-hybridized carbons (Fsp3) is 0. The summed E-state index contributed by atoms with van der Waals surface area (Å²) in [5.74, 6) is -1.07. The lowest BCUT2D eigenvalue weighted by atomic mass is 10.1. The molecule has 2 aromatic carbocycles. The van der Waals surface area contributed by atoms with Crippen LogP contribution in [0.5, 0.6) is 0 Å². The van der Waals surface area contributed by atoms with E-state index in [1.165, 1.54) is 6.07 Å². The van der Waals surface area contributed by atoms with E-state index in [9.17, 15) is 9.18 Å². The van der Waals surface area contributed by atoms with Gasteiger partial charge in [-0.3, -0.25) is 4.79 Å². The third-order valence-corrected chi connectivity index (χ3v) is 2.93. The average Bonchev–Trinajstić information content (AvgIpc) is 2.26. The molecule has 0 bridgehead atoms. The third kappa shape index (κ3) is 3.16. The predicted octanol–water partition coefficient (Wildman–Crippen LogP) is 3.97. The van der Waals surface area contributed by atoms with Gasteiger partial charge in [0.05, 0.1) is 10.6 Å². The second-order valence-electron chi connectivity index (χ2n) is 3.82. The molecule has 3 N–H and O–H groups in total. The van der Waals surface area contributed by atoms with Gasteiger partial charge in [-0.05, 0) is 30.3 Å². The van der Waals surface area contributed by atoms with Gasteiger partial charge in [-0.1, -0.05) is 29.3 Å². The largest absolute Gasteiger partial charge is 0.398 e. The maximum absolute atomic E-state index is 13.2. The molecule has 2 aromatic rings. The number of nitrogens with one attached hydrogen (secondary N) is 1. The summed E-state index contributed by atoms with van der Waals surface area (Å²) >= 11 is 11.6. The summed E-state index contributed by atoms with van der Waals surface area (Å²) in [7, 11) is 0. The average molecular weight is 299 g/mol. The number of nitrogen functional groups attached to an aromatic ring is 1. The van der Waals surface area contributed by atoms with Gasteiger partial charge in [0.1, 0.15) is 5.82 Å². The van der Waals surface area contributed by atoms with Crippen LogP contribution in [0.25, 0.3) is 0 Å². The Morgan fingerprint density at radius 3 is 2.58 bits per heavy atom. The molecule has 0 fully saturated rings. The van der Waals surface area contributed by atoms with Crippen molar-refractivity contribution in [3.05, 3.63) is 57.8 Å². The van der Waals surface area contributed by atoms with Crippen LogP contribution in [-0.2, 0) is 0 Å². The van der Waals surface area contributed by atoms with Gasteiger partial charge in [-0.15, -0.1) is 0 Å². The fourth-order valence-electron chi connectivity index (χ4n) is 1.60. The van der Waals surface area contributed by atoms with E-state index in [4.69, 9.17) is 28.9 Å². The Hall–Kier alpha value is -1.78. The first-order valence-electron chi connectivity index (χ1n) is 5.29. The molecule has 0 saturated carbocycles. The van der Waals surface area contributed by atoms with E-state index in [-0.39, 0.29) is 27.0 Å². The summed E-state index contributed by atoms with van der Waals surface area (Å²) in [6, 6.07) is 8.45. The minimum Gasteiger partial charge on any atom is -0.398 e. The fourth-order valence-corrected chi connectivity index (χ4v) is 2.09. The molecule has 1 amide bonds. The van der Waals surface area contributed by atoms with Crippen LogP contribution in [0.1, 0.15) is 10.4 Å². The van der Waals surface area contributed by atoms with Gasteiger partial charge in [-0.25, -0.2) is 4.39 Å². The number of carbonyl (C=O) groups is 1. The number of carbonyl (C=O) groups excluding carboxylic acids is 1. The van der Waals surface area contributed by atoms with Gasteiger partial charge in [0.2, 0.25) is 0 Å². The van der Waals surface area contributed by atoms with Gasteiger partial charge in [0, 0.05) is 16.4 Å². The van der Waals surface area contributed by atoms with Gasteiger partial charge >= 0.3 is 0 Å². The second-order valence-corrected chi connectivity index (χ2v) is 4.66. The van der Waals surface area contributed by atoms with Crippen molar-refractivity contribution in [3.8, 4) is 0 Å². The standard InChI is InChI=1S/C13H9Cl2FN2O/c14-7-4-8(16)6-9(5-7)18-13(19)12-10(15)2-1-3-11(12)17/h1-6H,17H2,(H,18,19). The lowest BCUT2D eigenvalue weighted by Crippen LogP contribution is -2.14. The zero-order chi connectivity index (χ0) is 14.0. The minimum atomic E-state index is -0.546. The van der Waals surface area contributed by atoms with E-state index in [1.807, 2.05) is 0 Å². The number of amides is 1. The molecular formula is C13H9Cl2FN2O. The molecule has 98 valence electrons. The molecule has 3 nitrogen and oxygen atoms in total. The van der Waals surface area contributed by atoms with E-state index in [0.717, 1.165) is 12.1 Å². The zero-order valence-corrected chi connectivity index (χ0v) is 11.1. The lowest BCUT2D eigenvalue weighted by Gasteiger charge is -2.09. The maximum Gasteiger partial charge on any atom is 0.259 e. The van der Waals surface area contributed by atoms with E-state index in [2.05, 4.69) is 5.32 Å². The summed E-state index contributed by atoms with van der Waals surface area (Å²) in [6.07, 6.45) is 0. The van der Waals surface area contributed by atoms with Crippen molar-refractivity contribution in [2.45, 2.75) is 0 Å². The first kappa shape index (κ1) is 13.6. The van der Waals surface area contributed by atoms with Crippen molar-refractivity contribution in [2.75, 3.05) is 11.1 Å². The molecule has 0 unspecified atom stereocenters. The van der Waals surface area contributed by atoms with Crippen LogP contribution in [-0.4, -0.2) is 5.91 Å². The first-order valence-corrected chi connectivity index (χ1v) is 6.04. The van der Waals surface area contributed by atoms with Crippen LogP contribution < -0.4 is 11.1 Å². The normalized spacial score (nSPS) is 10.3. The molecule has 0 aromatic heterocycles. The highest BCUT2D eigenvalue weighted by Gasteiger charge is 2.14. The van der Waals surface area contributed by atoms with Gasteiger partial charge in [0.25, 0.3) is 5.91 Å². The van der Waals surface area contributed by atoms with Crippen molar-refractivity contribution < 1.29 is 9.18 Å². The number of nitrogens with two attached hydrogens (primary N) is 1. The molecule has 0 heterocycles. The molecule has 6 heteroatoms. The van der Waals surface area contributed by atoms with Crippen molar-refractivity contribution in [3.63, 3.8) is 0 Å². The molecule has 0 radical (unpaired) electrons. The topological polar surface area (TPSA) is 55.1 Å². The predicted molar refractivity (Wildman–Crippen MR) is 75.2 cm³/mol. The van der Waals surface area contributed by atoms with Crippen LogP contribution in [0.3, 0.4) is 0 Å². The summed E-state index contributed by atoms with van der Waals surface area (Å²) < 4.78 is 13.2. The molecule has 19 heavy (non-hydrogen) atoms. The summed E-state index contributed by atoms with van der Waals surface area (Å²) in [4.78, 5) is 12.0. The summed E-state index contributed by atoms with van der Waals surface area (Å²) in [5, 5.41) is 2.90. The SMILES string of the molecule is Nc1cccc(Cl)c1C(=O)Nc1cc(F)cc(Cl)c1. The quantitative estimate of drug-likeness (QED) is 0.824. The van der Waals surface area contributed by atoms with Crippen LogP contribution in [0.4, 0.5) is 15.8 Å². The number of halogens is 3. The van der Waals surface area contributed by atoms with E-state index in [1.54, 1.807) is 18.2 Å². The van der Waals surface area contributed by atoms with Crippen molar-refractivity contribution in [2.24, 2.45) is 0 Å². The van der Waals surface area contributed by atoms with Crippen LogP contribution in [0, 0.1) is 5.82 Å². The second kappa shape index (κ2) is 5.47. The Morgan fingerprint density at radius 2 is 1.95 bits per heavy atom. The van der Waals surface area contributed by atoms with Crippen molar-refractivity contribution in [1.82, 2.24) is 0 Å². The number of hydrogen-bond acceptors (Lipinski definition) is 2.